The second-order valence-electron chi connectivity index (χ2n) is 3.85. The number of hydrogen-bond acceptors (Lipinski definition) is 6. The summed E-state index contributed by atoms with van der Waals surface area (Å²) in [6, 6.07) is 3.13. The number of ether oxygens (including phenoxy) is 3. The zero-order valence-electron chi connectivity index (χ0n) is 11.5. The van der Waals surface area contributed by atoms with Gasteiger partial charge >= 0.3 is 0 Å². The largest absolute Gasteiger partial charge is 0.493 e. The van der Waals surface area contributed by atoms with Gasteiger partial charge in [-0.2, -0.15) is 0 Å². The van der Waals surface area contributed by atoms with Crippen LogP contribution in [0.5, 0.6) is 17.2 Å². The van der Waals surface area contributed by atoms with Gasteiger partial charge in [0.05, 0.1) is 34.0 Å². The molecule has 0 aliphatic heterocycles. The Bertz CT molecular complexity index is 502. The molecule has 2 N–H and O–H groups in total. The van der Waals surface area contributed by atoms with Crippen LogP contribution in [0.1, 0.15) is 11.7 Å². The van der Waals surface area contributed by atoms with E-state index < -0.39 is 12.2 Å². The molecule has 2 atom stereocenters. The number of hydrogen-bond donors (Lipinski definition) is 2. The summed E-state index contributed by atoms with van der Waals surface area (Å²) < 4.78 is 15.5. The Labute approximate surface area is 116 Å². The number of nitrogens with zero attached hydrogens (tertiary/aromatic N) is 3. The number of aliphatic hydroxyl groups excluding tert-OH is 2. The summed E-state index contributed by atoms with van der Waals surface area (Å²) >= 11 is 0. The third-order valence-electron chi connectivity index (χ3n) is 2.75. The lowest BCUT2D eigenvalue weighted by Crippen LogP contribution is -2.21. The minimum Gasteiger partial charge on any atom is -0.493 e. The van der Waals surface area contributed by atoms with Crippen molar-refractivity contribution in [3.8, 4) is 17.2 Å². The maximum atomic E-state index is 10.1. The molecule has 1 aromatic rings. The van der Waals surface area contributed by atoms with E-state index in [1.54, 1.807) is 12.1 Å². The molecule has 0 radical (unpaired) electrons. The van der Waals surface area contributed by atoms with Crippen molar-refractivity contribution < 1.29 is 24.4 Å². The molecule has 0 spiro atoms. The molecule has 2 unspecified atom stereocenters. The van der Waals surface area contributed by atoms with E-state index in [2.05, 4.69) is 10.0 Å². The van der Waals surface area contributed by atoms with E-state index in [4.69, 9.17) is 19.7 Å². The summed E-state index contributed by atoms with van der Waals surface area (Å²) in [5, 5.41) is 23.1. The zero-order chi connectivity index (χ0) is 15.1. The molecule has 20 heavy (non-hydrogen) atoms. The maximum Gasteiger partial charge on any atom is 0.203 e. The molecule has 110 valence electrons. The normalized spacial score (nSPS) is 13.1. The van der Waals surface area contributed by atoms with E-state index in [9.17, 15) is 10.2 Å². The van der Waals surface area contributed by atoms with E-state index in [0.29, 0.717) is 17.1 Å². The fourth-order valence-electron chi connectivity index (χ4n) is 1.78. The molecule has 0 heterocycles. The number of azide groups is 1. The molecule has 0 aliphatic carbocycles. The van der Waals surface area contributed by atoms with Crippen LogP contribution in [0.15, 0.2) is 17.2 Å². The highest BCUT2D eigenvalue weighted by atomic mass is 16.5. The van der Waals surface area contributed by atoms with E-state index >= 15 is 0 Å². The van der Waals surface area contributed by atoms with Gasteiger partial charge in [0.1, 0.15) is 6.10 Å². The second kappa shape index (κ2) is 7.44. The molecule has 1 rings (SSSR count). The van der Waals surface area contributed by atoms with Crippen LogP contribution < -0.4 is 14.2 Å². The Morgan fingerprint density at radius 3 is 2.30 bits per heavy atom. The average molecular weight is 283 g/mol. The van der Waals surface area contributed by atoms with Crippen LogP contribution in [0.2, 0.25) is 0 Å². The average Bonchev–Trinajstić information content (AvgIpc) is 2.49. The fourth-order valence-corrected chi connectivity index (χ4v) is 1.78. The van der Waals surface area contributed by atoms with Gasteiger partial charge in [-0.15, -0.1) is 0 Å². The highest BCUT2D eigenvalue weighted by molar-refractivity contribution is 5.56. The smallest absolute Gasteiger partial charge is 0.203 e. The molecule has 0 saturated carbocycles. The molecule has 0 fully saturated rings. The van der Waals surface area contributed by atoms with Crippen molar-refractivity contribution in [3.05, 3.63) is 28.1 Å². The Kier molecular flexibility index (Phi) is 5.92. The second-order valence-corrected chi connectivity index (χ2v) is 3.85. The molecule has 8 nitrogen and oxygen atoms in total. The topological polar surface area (TPSA) is 117 Å². The van der Waals surface area contributed by atoms with E-state index in [0.717, 1.165) is 0 Å². The molecule has 0 amide bonds. The summed E-state index contributed by atoms with van der Waals surface area (Å²) in [5.74, 6) is 0.992. The van der Waals surface area contributed by atoms with E-state index in [-0.39, 0.29) is 12.3 Å². The molecule has 1 aromatic carbocycles. The molecule has 0 bridgehead atoms. The summed E-state index contributed by atoms with van der Waals surface area (Å²) in [7, 11) is 4.32. The molecule has 0 aromatic heterocycles. The first kappa shape index (κ1) is 15.9. The van der Waals surface area contributed by atoms with Crippen molar-refractivity contribution in [2.24, 2.45) is 5.11 Å². The van der Waals surface area contributed by atoms with Crippen molar-refractivity contribution in [1.29, 1.82) is 0 Å². The maximum absolute atomic E-state index is 10.1. The first-order valence-corrected chi connectivity index (χ1v) is 5.76. The quantitative estimate of drug-likeness (QED) is 0.446. The van der Waals surface area contributed by atoms with Gasteiger partial charge in [-0.1, -0.05) is 5.11 Å². The minimum atomic E-state index is -1.28. The van der Waals surface area contributed by atoms with Crippen molar-refractivity contribution in [3.63, 3.8) is 0 Å². The Hall–Kier alpha value is -2.15. The third kappa shape index (κ3) is 3.24. The number of benzene rings is 1. The van der Waals surface area contributed by atoms with Crippen molar-refractivity contribution in [2.75, 3.05) is 27.9 Å². The number of aliphatic hydroxyl groups is 2. The fraction of sp³-hybridized carbons (Fsp3) is 0.500. The summed E-state index contributed by atoms with van der Waals surface area (Å²) in [6.45, 7) is -0.255. The molecular weight excluding hydrogens is 266 g/mol. The van der Waals surface area contributed by atoms with Crippen LogP contribution in [-0.2, 0) is 0 Å². The Morgan fingerprint density at radius 2 is 1.80 bits per heavy atom. The van der Waals surface area contributed by atoms with Gasteiger partial charge in [0.2, 0.25) is 5.75 Å². The SMILES string of the molecule is COc1ccc(C(O)C(O)CN=[N+]=[N-])c(OC)c1OC. The molecule has 0 aliphatic rings. The molecular formula is C12H17N3O5. The van der Waals surface area contributed by atoms with Gasteiger partial charge in [0.25, 0.3) is 0 Å². The van der Waals surface area contributed by atoms with Crippen molar-refractivity contribution in [1.82, 2.24) is 0 Å². The van der Waals surface area contributed by atoms with Crippen LogP contribution in [0.3, 0.4) is 0 Å². The Morgan fingerprint density at radius 1 is 1.15 bits per heavy atom. The van der Waals surface area contributed by atoms with Gasteiger partial charge < -0.3 is 24.4 Å². The van der Waals surface area contributed by atoms with Gasteiger partial charge in [-0.25, -0.2) is 0 Å². The number of rotatable bonds is 7. The van der Waals surface area contributed by atoms with Crippen LogP contribution in [-0.4, -0.2) is 44.2 Å². The first-order valence-electron chi connectivity index (χ1n) is 5.76. The zero-order valence-corrected chi connectivity index (χ0v) is 11.5. The van der Waals surface area contributed by atoms with Gasteiger partial charge in [0.15, 0.2) is 11.5 Å². The van der Waals surface area contributed by atoms with Gasteiger partial charge in [0, 0.05) is 10.5 Å². The summed E-state index contributed by atoms with van der Waals surface area (Å²) in [5.41, 5.74) is 8.53. The van der Waals surface area contributed by atoms with E-state index in [1.807, 2.05) is 0 Å². The minimum absolute atomic E-state index is 0.249. The summed E-state index contributed by atoms with van der Waals surface area (Å²) in [4.78, 5) is 2.53. The lowest BCUT2D eigenvalue weighted by atomic mass is 10.0. The molecule has 0 saturated heterocycles. The number of methoxy groups -OCH3 is 3. The highest BCUT2D eigenvalue weighted by Crippen LogP contribution is 2.42. The van der Waals surface area contributed by atoms with Crippen molar-refractivity contribution in [2.45, 2.75) is 12.2 Å². The predicted octanol–water partition coefficient (Wildman–Crippen LogP) is 1.42. The summed E-state index contributed by atoms with van der Waals surface area (Å²) in [6.07, 6.45) is -2.53. The van der Waals surface area contributed by atoms with Crippen LogP contribution >= 0.6 is 0 Å². The van der Waals surface area contributed by atoms with Crippen LogP contribution in [0.4, 0.5) is 0 Å². The Balaban J connectivity index is 3.20. The van der Waals surface area contributed by atoms with Crippen molar-refractivity contribution >= 4 is 0 Å². The standard InChI is InChI=1S/C12H17N3O5/c1-18-9-5-4-7(11(19-2)12(9)20-3)10(17)8(16)6-14-15-13/h4-5,8,10,16-17H,6H2,1-3H3. The highest BCUT2D eigenvalue weighted by Gasteiger charge is 2.25. The first-order chi connectivity index (χ1) is 9.60. The molecule has 8 heteroatoms. The van der Waals surface area contributed by atoms with Gasteiger partial charge in [-0.05, 0) is 17.7 Å². The van der Waals surface area contributed by atoms with Crippen LogP contribution in [0.25, 0.3) is 10.4 Å². The van der Waals surface area contributed by atoms with Gasteiger partial charge in [-0.3, -0.25) is 0 Å². The predicted molar refractivity (Wildman–Crippen MR) is 71.1 cm³/mol. The van der Waals surface area contributed by atoms with E-state index in [1.165, 1.54) is 21.3 Å². The monoisotopic (exact) mass is 283 g/mol. The third-order valence-corrected chi connectivity index (χ3v) is 2.75. The van der Waals surface area contributed by atoms with Crippen LogP contribution in [0, 0.1) is 0 Å². The lowest BCUT2D eigenvalue weighted by molar-refractivity contribution is 0.0227. The lowest BCUT2D eigenvalue weighted by Gasteiger charge is -2.21.